The molecule has 2 aliphatic heterocycles. The van der Waals surface area contributed by atoms with Gasteiger partial charge >= 0.3 is 0 Å². The summed E-state index contributed by atoms with van der Waals surface area (Å²) in [5, 5.41) is 10.8. The third-order valence-electron chi connectivity index (χ3n) is 4.35. The Hall–Kier alpha value is -2.04. The molecule has 2 aliphatic rings. The fraction of sp³-hybridized carbons (Fsp3) is 0.333. The minimum atomic E-state index is -0.720. The fourth-order valence-electron chi connectivity index (χ4n) is 3.22. The standard InChI is InChI=1S/C18H18O4/c1-18(2)13-9-15-14(20-10-21-15)8-12(13)17(22-18)16(19)11-6-4-3-5-7-11/h3-9,16-17,19H,10H2,1-2H3/t16-,17+/m1/s1. The quantitative estimate of drug-likeness (QED) is 0.922. The van der Waals surface area contributed by atoms with Crippen molar-refractivity contribution >= 4 is 0 Å². The predicted octanol–water partition coefficient (Wildman–Crippen LogP) is 3.46. The van der Waals surface area contributed by atoms with Gasteiger partial charge in [-0.25, -0.2) is 0 Å². The Bertz CT molecular complexity index is 709. The molecule has 0 aliphatic carbocycles. The third kappa shape index (κ3) is 1.99. The van der Waals surface area contributed by atoms with Crippen molar-refractivity contribution in [1.82, 2.24) is 0 Å². The molecule has 2 aromatic rings. The van der Waals surface area contributed by atoms with Crippen molar-refractivity contribution < 1.29 is 19.3 Å². The van der Waals surface area contributed by atoms with Gasteiger partial charge < -0.3 is 19.3 Å². The summed E-state index contributed by atoms with van der Waals surface area (Å²) in [4.78, 5) is 0. The van der Waals surface area contributed by atoms with Crippen molar-refractivity contribution in [1.29, 1.82) is 0 Å². The van der Waals surface area contributed by atoms with Crippen LogP contribution >= 0.6 is 0 Å². The van der Waals surface area contributed by atoms with Crippen LogP contribution in [-0.4, -0.2) is 11.9 Å². The van der Waals surface area contributed by atoms with E-state index in [1.54, 1.807) is 0 Å². The van der Waals surface area contributed by atoms with Gasteiger partial charge in [-0.3, -0.25) is 0 Å². The molecule has 114 valence electrons. The molecule has 0 aromatic heterocycles. The van der Waals surface area contributed by atoms with E-state index in [0.717, 1.165) is 22.4 Å². The molecule has 0 unspecified atom stereocenters. The van der Waals surface area contributed by atoms with E-state index >= 15 is 0 Å². The summed E-state index contributed by atoms with van der Waals surface area (Å²) < 4.78 is 17.1. The van der Waals surface area contributed by atoms with Crippen molar-refractivity contribution in [2.75, 3.05) is 6.79 Å². The molecule has 0 fully saturated rings. The average molecular weight is 298 g/mol. The van der Waals surface area contributed by atoms with Gasteiger partial charge in [0.05, 0.1) is 5.60 Å². The van der Waals surface area contributed by atoms with E-state index in [1.807, 2.05) is 56.3 Å². The van der Waals surface area contributed by atoms with Crippen LogP contribution in [0.25, 0.3) is 0 Å². The largest absolute Gasteiger partial charge is 0.454 e. The molecule has 2 heterocycles. The van der Waals surface area contributed by atoms with E-state index in [9.17, 15) is 5.11 Å². The van der Waals surface area contributed by atoms with Gasteiger partial charge in [-0.1, -0.05) is 30.3 Å². The Morgan fingerprint density at radius 2 is 1.77 bits per heavy atom. The zero-order valence-electron chi connectivity index (χ0n) is 12.6. The molecule has 1 N–H and O–H groups in total. The van der Waals surface area contributed by atoms with E-state index in [1.165, 1.54) is 0 Å². The molecule has 0 radical (unpaired) electrons. The minimum Gasteiger partial charge on any atom is -0.454 e. The Labute approximate surface area is 129 Å². The van der Waals surface area contributed by atoms with Crippen molar-refractivity contribution in [2.45, 2.75) is 31.7 Å². The van der Waals surface area contributed by atoms with Crippen molar-refractivity contribution in [2.24, 2.45) is 0 Å². The first-order valence-corrected chi connectivity index (χ1v) is 7.41. The number of rotatable bonds is 2. The van der Waals surface area contributed by atoms with Gasteiger partial charge in [-0.15, -0.1) is 0 Å². The second-order valence-corrected chi connectivity index (χ2v) is 6.20. The highest BCUT2D eigenvalue weighted by Gasteiger charge is 2.43. The van der Waals surface area contributed by atoms with Gasteiger partial charge in [-0.05, 0) is 42.7 Å². The SMILES string of the molecule is CC1(C)O[C@H]([C@H](O)c2ccccc2)c2cc3c(cc21)OCO3. The molecule has 0 saturated carbocycles. The van der Waals surface area contributed by atoms with Gasteiger partial charge in [0.1, 0.15) is 12.2 Å². The van der Waals surface area contributed by atoms with Crippen LogP contribution in [-0.2, 0) is 10.3 Å². The number of ether oxygens (including phenoxy) is 3. The molecule has 0 spiro atoms. The fourth-order valence-corrected chi connectivity index (χ4v) is 3.22. The first-order valence-electron chi connectivity index (χ1n) is 7.41. The number of hydrogen-bond donors (Lipinski definition) is 1. The summed E-state index contributed by atoms with van der Waals surface area (Å²) in [5.41, 5.74) is 2.37. The second kappa shape index (κ2) is 4.73. The first-order chi connectivity index (χ1) is 10.6. The van der Waals surface area contributed by atoms with Gasteiger partial charge in [0.15, 0.2) is 11.5 Å². The van der Waals surface area contributed by atoms with E-state index in [0.29, 0.717) is 5.75 Å². The van der Waals surface area contributed by atoms with Crippen molar-refractivity contribution in [3.8, 4) is 11.5 Å². The highest BCUT2D eigenvalue weighted by Crippen LogP contribution is 2.52. The lowest BCUT2D eigenvalue weighted by Gasteiger charge is -2.23. The van der Waals surface area contributed by atoms with Crippen LogP contribution in [0.4, 0.5) is 0 Å². The lowest BCUT2D eigenvalue weighted by Crippen LogP contribution is -2.18. The molecular formula is C18H18O4. The summed E-state index contributed by atoms with van der Waals surface area (Å²) in [5.74, 6) is 1.45. The summed E-state index contributed by atoms with van der Waals surface area (Å²) in [6.45, 7) is 4.25. The number of benzene rings is 2. The van der Waals surface area contributed by atoms with Gasteiger partial charge in [-0.2, -0.15) is 0 Å². The highest BCUT2D eigenvalue weighted by molar-refractivity contribution is 5.53. The Morgan fingerprint density at radius 3 is 2.50 bits per heavy atom. The highest BCUT2D eigenvalue weighted by atomic mass is 16.7. The lowest BCUT2D eigenvalue weighted by atomic mass is 9.91. The molecule has 4 rings (SSSR count). The second-order valence-electron chi connectivity index (χ2n) is 6.20. The van der Waals surface area contributed by atoms with Crippen molar-refractivity contribution in [3.05, 3.63) is 59.2 Å². The Kier molecular flexibility index (Phi) is 2.93. The maximum absolute atomic E-state index is 10.8. The summed E-state index contributed by atoms with van der Waals surface area (Å²) in [6.07, 6.45) is -1.14. The van der Waals surface area contributed by atoms with E-state index in [4.69, 9.17) is 14.2 Å². The van der Waals surface area contributed by atoms with Crippen LogP contribution in [0.1, 0.15) is 42.7 Å². The maximum Gasteiger partial charge on any atom is 0.231 e. The molecule has 0 amide bonds. The van der Waals surface area contributed by atoms with E-state index < -0.39 is 17.8 Å². The van der Waals surface area contributed by atoms with Crippen LogP contribution < -0.4 is 9.47 Å². The van der Waals surface area contributed by atoms with E-state index in [-0.39, 0.29) is 6.79 Å². The molecule has 4 nitrogen and oxygen atoms in total. The lowest BCUT2D eigenvalue weighted by molar-refractivity contribution is -0.105. The Morgan fingerprint density at radius 1 is 1.09 bits per heavy atom. The molecule has 0 saturated heterocycles. The van der Waals surface area contributed by atoms with Crippen LogP contribution in [0.3, 0.4) is 0 Å². The topological polar surface area (TPSA) is 47.9 Å². The zero-order chi connectivity index (χ0) is 15.3. The minimum absolute atomic E-state index is 0.241. The van der Waals surface area contributed by atoms with Crippen LogP contribution in [0.15, 0.2) is 42.5 Å². The van der Waals surface area contributed by atoms with Crippen molar-refractivity contribution in [3.63, 3.8) is 0 Å². The van der Waals surface area contributed by atoms with Crippen LogP contribution in [0, 0.1) is 0 Å². The van der Waals surface area contributed by atoms with Crippen LogP contribution in [0.2, 0.25) is 0 Å². The first kappa shape index (κ1) is 13.6. The van der Waals surface area contributed by atoms with Gasteiger partial charge in [0.25, 0.3) is 0 Å². The summed E-state index contributed by atoms with van der Waals surface area (Å²) >= 11 is 0. The van der Waals surface area contributed by atoms with Gasteiger partial charge in [0.2, 0.25) is 6.79 Å². The molecule has 4 heteroatoms. The summed E-state index contributed by atoms with van der Waals surface area (Å²) in [6, 6.07) is 13.5. The molecular weight excluding hydrogens is 280 g/mol. The number of aliphatic hydroxyl groups is 1. The monoisotopic (exact) mass is 298 g/mol. The zero-order valence-corrected chi connectivity index (χ0v) is 12.6. The number of hydrogen-bond acceptors (Lipinski definition) is 4. The predicted molar refractivity (Wildman–Crippen MR) is 80.8 cm³/mol. The maximum atomic E-state index is 10.8. The summed E-state index contributed by atoms with van der Waals surface area (Å²) in [7, 11) is 0. The molecule has 2 aromatic carbocycles. The molecule has 0 bridgehead atoms. The number of fused-ring (bicyclic) bond motifs is 2. The molecule has 22 heavy (non-hydrogen) atoms. The molecule has 2 atom stereocenters. The van der Waals surface area contributed by atoms with Gasteiger partial charge in [0, 0.05) is 0 Å². The van der Waals surface area contributed by atoms with E-state index in [2.05, 4.69) is 0 Å². The normalized spacial score (nSPS) is 22.4. The van der Waals surface area contributed by atoms with Crippen LogP contribution in [0.5, 0.6) is 11.5 Å². The smallest absolute Gasteiger partial charge is 0.231 e. The average Bonchev–Trinajstić information content (AvgIpc) is 3.08. The number of aliphatic hydroxyl groups excluding tert-OH is 1. The third-order valence-corrected chi connectivity index (χ3v) is 4.35. The Balaban J connectivity index is 1.79.